The van der Waals surface area contributed by atoms with Gasteiger partial charge in [-0.3, -0.25) is 4.79 Å². The number of carboxylic acids is 1. The third-order valence-electron chi connectivity index (χ3n) is 4.28. The van der Waals surface area contributed by atoms with Crippen molar-refractivity contribution in [3.05, 3.63) is 35.5 Å². The molecule has 1 aliphatic rings. The molecule has 0 saturated heterocycles. The van der Waals surface area contributed by atoms with Gasteiger partial charge in [0, 0.05) is 41.4 Å². The van der Waals surface area contributed by atoms with Crippen LogP contribution < -0.4 is 0 Å². The molecule has 0 spiro atoms. The summed E-state index contributed by atoms with van der Waals surface area (Å²) in [5.74, 6) is -4.24. The molecule has 6 heteroatoms. The van der Waals surface area contributed by atoms with Crippen LogP contribution in [0.2, 0.25) is 0 Å². The fourth-order valence-corrected chi connectivity index (χ4v) is 2.99. The van der Waals surface area contributed by atoms with E-state index in [9.17, 15) is 18.4 Å². The Morgan fingerprint density at radius 1 is 1.23 bits per heavy atom. The van der Waals surface area contributed by atoms with E-state index < -0.39 is 17.8 Å². The first-order valence-corrected chi connectivity index (χ1v) is 7.14. The Morgan fingerprint density at radius 2 is 1.91 bits per heavy atom. The molecule has 22 heavy (non-hydrogen) atoms. The number of aromatic carboxylic acids is 1. The second-order valence-corrected chi connectivity index (χ2v) is 5.76. The fourth-order valence-electron chi connectivity index (χ4n) is 2.99. The minimum Gasteiger partial charge on any atom is -0.478 e. The van der Waals surface area contributed by atoms with Gasteiger partial charge in [0.05, 0.1) is 5.56 Å². The first-order chi connectivity index (χ1) is 10.4. The van der Waals surface area contributed by atoms with Crippen LogP contribution in [0.4, 0.5) is 8.78 Å². The maximum Gasteiger partial charge on any atom is 0.335 e. The molecule has 0 atom stereocenters. The zero-order chi connectivity index (χ0) is 15.9. The highest BCUT2D eigenvalue weighted by molar-refractivity contribution is 6.09. The molecular formula is C16H15F2NO3. The van der Waals surface area contributed by atoms with Crippen molar-refractivity contribution in [2.24, 2.45) is 5.92 Å². The Hall–Kier alpha value is -2.24. The lowest BCUT2D eigenvalue weighted by atomic mass is 9.82. The smallest absolute Gasteiger partial charge is 0.335 e. The highest BCUT2D eigenvalue weighted by Crippen LogP contribution is 2.38. The van der Waals surface area contributed by atoms with Gasteiger partial charge >= 0.3 is 5.97 Å². The van der Waals surface area contributed by atoms with Crippen molar-refractivity contribution in [3.63, 3.8) is 0 Å². The third-order valence-corrected chi connectivity index (χ3v) is 4.28. The number of carboxylic acid groups (broad SMARTS) is 1. The third kappa shape index (κ3) is 2.61. The van der Waals surface area contributed by atoms with E-state index in [4.69, 9.17) is 5.11 Å². The molecule has 0 radical (unpaired) electrons. The van der Waals surface area contributed by atoms with Gasteiger partial charge in [0.2, 0.25) is 5.92 Å². The Labute approximate surface area is 125 Å². The molecule has 2 N–H and O–H groups in total. The molecule has 0 unspecified atom stereocenters. The molecule has 0 aliphatic heterocycles. The van der Waals surface area contributed by atoms with Crippen molar-refractivity contribution in [2.75, 3.05) is 0 Å². The van der Waals surface area contributed by atoms with E-state index >= 15 is 0 Å². The number of H-pyrrole nitrogens is 1. The maximum absolute atomic E-state index is 13.2. The number of aromatic nitrogens is 1. The van der Waals surface area contributed by atoms with Gasteiger partial charge in [-0.25, -0.2) is 13.6 Å². The summed E-state index contributed by atoms with van der Waals surface area (Å²) >= 11 is 0. The van der Waals surface area contributed by atoms with Crippen LogP contribution in [-0.4, -0.2) is 27.8 Å². The van der Waals surface area contributed by atoms with E-state index in [0.717, 1.165) is 0 Å². The van der Waals surface area contributed by atoms with Gasteiger partial charge in [0.1, 0.15) is 0 Å². The van der Waals surface area contributed by atoms with Crippen molar-refractivity contribution in [2.45, 2.75) is 31.6 Å². The summed E-state index contributed by atoms with van der Waals surface area (Å²) in [4.78, 5) is 26.4. The molecule has 116 valence electrons. The van der Waals surface area contributed by atoms with Crippen molar-refractivity contribution in [3.8, 4) is 0 Å². The van der Waals surface area contributed by atoms with E-state index in [1.165, 1.54) is 18.3 Å². The Kier molecular flexibility index (Phi) is 3.47. The predicted octanol–water partition coefficient (Wildman–Crippen LogP) is 3.87. The van der Waals surface area contributed by atoms with E-state index in [-0.39, 0.29) is 37.0 Å². The van der Waals surface area contributed by atoms with Gasteiger partial charge in [-0.15, -0.1) is 0 Å². The zero-order valence-corrected chi connectivity index (χ0v) is 11.7. The molecule has 1 heterocycles. The normalized spacial score (nSPS) is 18.5. The lowest BCUT2D eigenvalue weighted by Crippen LogP contribution is -2.28. The summed E-state index contributed by atoms with van der Waals surface area (Å²) in [7, 11) is 0. The molecule has 1 aromatic heterocycles. The Balaban J connectivity index is 1.87. The summed E-state index contributed by atoms with van der Waals surface area (Å²) in [6.07, 6.45) is 1.40. The van der Waals surface area contributed by atoms with Gasteiger partial charge < -0.3 is 10.1 Å². The average Bonchev–Trinajstić information content (AvgIpc) is 2.89. The number of hydrogen-bond acceptors (Lipinski definition) is 2. The van der Waals surface area contributed by atoms with Crippen molar-refractivity contribution >= 4 is 22.7 Å². The van der Waals surface area contributed by atoms with E-state index in [1.54, 1.807) is 6.07 Å². The minimum atomic E-state index is -2.66. The molecule has 1 aliphatic carbocycles. The van der Waals surface area contributed by atoms with Gasteiger partial charge in [0.25, 0.3) is 0 Å². The number of carbonyl (C=O) groups excluding carboxylic acids is 1. The fraction of sp³-hybridized carbons (Fsp3) is 0.375. The summed E-state index contributed by atoms with van der Waals surface area (Å²) in [5.41, 5.74) is 1.14. The Bertz CT molecular complexity index is 741. The zero-order valence-electron chi connectivity index (χ0n) is 11.7. The number of nitrogens with one attached hydrogen (secondary N) is 1. The van der Waals surface area contributed by atoms with Gasteiger partial charge in [-0.2, -0.15) is 0 Å². The van der Waals surface area contributed by atoms with Crippen LogP contribution in [0, 0.1) is 5.92 Å². The SMILES string of the molecule is O=C(O)c1ccc2c(C(=O)C3CCC(F)(F)CC3)c[nH]c2c1. The number of halogens is 2. The number of fused-ring (bicyclic) bond motifs is 1. The molecule has 2 aromatic rings. The molecule has 0 bridgehead atoms. The maximum atomic E-state index is 13.2. The molecule has 1 saturated carbocycles. The quantitative estimate of drug-likeness (QED) is 0.846. The number of carbonyl (C=O) groups is 2. The topological polar surface area (TPSA) is 70.2 Å². The molecule has 1 aromatic carbocycles. The second-order valence-electron chi connectivity index (χ2n) is 5.76. The van der Waals surface area contributed by atoms with E-state index in [0.29, 0.717) is 16.5 Å². The Morgan fingerprint density at radius 3 is 2.55 bits per heavy atom. The lowest BCUT2D eigenvalue weighted by molar-refractivity contribution is -0.0424. The van der Waals surface area contributed by atoms with Crippen molar-refractivity contribution < 1.29 is 23.5 Å². The second kappa shape index (κ2) is 5.19. The number of aromatic amines is 1. The van der Waals surface area contributed by atoms with Crippen LogP contribution in [0.1, 0.15) is 46.4 Å². The molecule has 0 amide bonds. The standard InChI is InChI=1S/C16H15F2NO3/c17-16(18)5-3-9(4-6-16)14(20)12-8-19-13-7-10(15(21)22)1-2-11(12)13/h1-2,7-9,19H,3-6H2,(H,21,22). The minimum absolute atomic E-state index is 0.130. The molecule has 4 nitrogen and oxygen atoms in total. The number of ketones is 1. The number of Topliss-reactive ketones (excluding diaryl/α,β-unsaturated/α-hetero) is 1. The van der Waals surface area contributed by atoms with Crippen LogP contribution in [0.5, 0.6) is 0 Å². The highest BCUT2D eigenvalue weighted by Gasteiger charge is 2.37. The summed E-state index contributed by atoms with van der Waals surface area (Å²) in [6, 6.07) is 4.48. The largest absolute Gasteiger partial charge is 0.478 e. The van der Waals surface area contributed by atoms with Crippen molar-refractivity contribution in [1.29, 1.82) is 0 Å². The number of hydrogen-bond donors (Lipinski definition) is 2. The van der Waals surface area contributed by atoms with Crippen molar-refractivity contribution in [1.82, 2.24) is 4.98 Å². The van der Waals surface area contributed by atoms with Gasteiger partial charge in [-0.1, -0.05) is 6.07 Å². The summed E-state index contributed by atoms with van der Waals surface area (Å²) in [6.45, 7) is 0. The number of benzene rings is 1. The first-order valence-electron chi connectivity index (χ1n) is 7.14. The lowest BCUT2D eigenvalue weighted by Gasteiger charge is -2.27. The van der Waals surface area contributed by atoms with Gasteiger partial charge in [0.15, 0.2) is 5.78 Å². The van der Waals surface area contributed by atoms with Crippen LogP contribution in [-0.2, 0) is 0 Å². The number of alkyl halides is 2. The molecule has 1 fully saturated rings. The number of rotatable bonds is 3. The average molecular weight is 307 g/mol. The highest BCUT2D eigenvalue weighted by atomic mass is 19.3. The summed E-state index contributed by atoms with van der Waals surface area (Å²) in [5, 5.41) is 9.59. The molecular weight excluding hydrogens is 292 g/mol. The first kappa shape index (κ1) is 14.7. The van der Waals surface area contributed by atoms with Crippen LogP contribution in [0.25, 0.3) is 10.9 Å². The van der Waals surface area contributed by atoms with Crippen LogP contribution >= 0.6 is 0 Å². The monoisotopic (exact) mass is 307 g/mol. The van der Waals surface area contributed by atoms with Gasteiger partial charge in [-0.05, 0) is 25.0 Å². The van der Waals surface area contributed by atoms with E-state index in [1.807, 2.05) is 0 Å². The van der Waals surface area contributed by atoms with Crippen LogP contribution in [0.3, 0.4) is 0 Å². The van der Waals surface area contributed by atoms with E-state index in [2.05, 4.69) is 4.98 Å². The predicted molar refractivity (Wildman–Crippen MR) is 76.5 cm³/mol. The molecule has 3 rings (SSSR count). The van der Waals surface area contributed by atoms with Crippen LogP contribution in [0.15, 0.2) is 24.4 Å². The summed E-state index contributed by atoms with van der Waals surface area (Å²) < 4.78 is 26.4.